The van der Waals surface area contributed by atoms with Crippen molar-refractivity contribution < 1.29 is 27.8 Å². The van der Waals surface area contributed by atoms with E-state index in [2.05, 4.69) is 4.99 Å². The maximum absolute atomic E-state index is 14.4. The first-order valence-corrected chi connectivity index (χ1v) is 9.65. The second-order valence-corrected chi connectivity index (χ2v) is 7.04. The molecule has 29 heavy (non-hydrogen) atoms. The number of hydrogen-bond donors (Lipinski definition) is 0. The third-order valence-electron chi connectivity index (χ3n) is 3.90. The molecule has 0 saturated heterocycles. The molecular formula is C20H18F2N2O4S. The van der Waals surface area contributed by atoms with E-state index in [0.717, 1.165) is 17.4 Å². The average molecular weight is 420 g/mol. The fourth-order valence-corrected chi connectivity index (χ4v) is 3.71. The molecule has 0 aliphatic rings. The Balaban J connectivity index is 2.01. The van der Waals surface area contributed by atoms with Crippen LogP contribution in [-0.4, -0.2) is 29.2 Å². The third kappa shape index (κ3) is 4.86. The van der Waals surface area contributed by atoms with Crippen LogP contribution in [0.1, 0.15) is 13.8 Å². The Labute approximate surface area is 169 Å². The van der Waals surface area contributed by atoms with E-state index >= 15 is 0 Å². The smallest absolute Gasteiger partial charge is 0.326 e. The van der Waals surface area contributed by atoms with Gasteiger partial charge in [0.15, 0.2) is 16.7 Å². The number of fused-ring (bicyclic) bond motifs is 1. The van der Waals surface area contributed by atoms with Crippen LogP contribution in [-0.2, 0) is 20.9 Å². The molecule has 1 amide bonds. The van der Waals surface area contributed by atoms with E-state index in [-0.39, 0.29) is 28.2 Å². The number of hydrogen-bond acceptors (Lipinski definition) is 5. The van der Waals surface area contributed by atoms with Crippen LogP contribution in [0.15, 0.2) is 47.5 Å². The molecule has 0 fully saturated rings. The van der Waals surface area contributed by atoms with Gasteiger partial charge in [0, 0.05) is 6.07 Å². The van der Waals surface area contributed by atoms with Gasteiger partial charge in [0.1, 0.15) is 18.1 Å². The van der Waals surface area contributed by atoms with Crippen molar-refractivity contribution in [2.24, 2.45) is 4.99 Å². The predicted octanol–water partition coefficient (Wildman–Crippen LogP) is 3.44. The zero-order valence-corrected chi connectivity index (χ0v) is 16.5. The molecule has 0 bridgehead atoms. The van der Waals surface area contributed by atoms with Gasteiger partial charge < -0.3 is 14.0 Å². The summed E-state index contributed by atoms with van der Waals surface area (Å²) in [5, 5.41) is 0. The third-order valence-corrected chi connectivity index (χ3v) is 4.92. The molecule has 0 aliphatic carbocycles. The van der Waals surface area contributed by atoms with Crippen molar-refractivity contribution in [3.8, 4) is 5.75 Å². The summed E-state index contributed by atoms with van der Waals surface area (Å²) in [4.78, 5) is 28.5. The molecule has 0 saturated carbocycles. The van der Waals surface area contributed by atoms with Gasteiger partial charge in [-0.1, -0.05) is 29.5 Å². The summed E-state index contributed by atoms with van der Waals surface area (Å²) in [7, 11) is 0. The Kier molecular flexibility index (Phi) is 6.38. The number of ether oxygens (including phenoxy) is 2. The van der Waals surface area contributed by atoms with Gasteiger partial charge in [-0.25, -0.2) is 8.78 Å². The number of esters is 1. The van der Waals surface area contributed by atoms with Gasteiger partial charge in [0.05, 0.1) is 16.8 Å². The number of aromatic nitrogens is 1. The van der Waals surface area contributed by atoms with Crippen molar-refractivity contribution in [1.29, 1.82) is 0 Å². The average Bonchev–Trinajstić information content (AvgIpc) is 2.99. The summed E-state index contributed by atoms with van der Waals surface area (Å²) in [5.74, 6) is -2.38. The lowest BCUT2D eigenvalue weighted by Crippen LogP contribution is -2.27. The van der Waals surface area contributed by atoms with Crippen molar-refractivity contribution >= 4 is 33.4 Å². The number of amides is 1. The molecule has 9 heteroatoms. The highest BCUT2D eigenvalue weighted by atomic mass is 32.1. The van der Waals surface area contributed by atoms with Crippen LogP contribution in [0.5, 0.6) is 5.75 Å². The largest absolute Gasteiger partial charge is 0.481 e. The van der Waals surface area contributed by atoms with Gasteiger partial charge >= 0.3 is 5.97 Å². The predicted molar refractivity (Wildman–Crippen MR) is 103 cm³/mol. The Morgan fingerprint density at radius 2 is 1.93 bits per heavy atom. The highest BCUT2D eigenvalue weighted by Crippen LogP contribution is 2.22. The molecule has 3 rings (SSSR count). The van der Waals surface area contributed by atoms with Crippen LogP contribution in [0.4, 0.5) is 8.78 Å². The van der Waals surface area contributed by atoms with E-state index in [4.69, 9.17) is 9.47 Å². The molecule has 0 N–H and O–H groups in total. The summed E-state index contributed by atoms with van der Waals surface area (Å²) in [5.41, 5.74) is -0.0207. The number of nitrogens with zero attached hydrogens (tertiary/aromatic N) is 2. The van der Waals surface area contributed by atoms with Crippen LogP contribution < -0.4 is 9.54 Å². The summed E-state index contributed by atoms with van der Waals surface area (Å²) < 4.78 is 39.9. The molecule has 3 aromatic rings. The zero-order chi connectivity index (χ0) is 21.0. The molecule has 2 aromatic carbocycles. The molecule has 152 valence electrons. The van der Waals surface area contributed by atoms with Crippen molar-refractivity contribution in [2.75, 3.05) is 6.61 Å². The van der Waals surface area contributed by atoms with Crippen molar-refractivity contribution in [2.45, 2.75) is 26.5 Å². The molecule has 1 atom stereocenters. The Morgan fingerprint density at radius 1 is 1.21 bits per heavy atom. The number of rotatable bonds is 6. The van der Waals surface area contributed by atoms with Gasteiger partial charge in [-0.2, -0.15) is 4.99 Å². The van der Waals surface area contributed by atoms with E-state index in [1.807, 2.05) is 6.07 Å². The fourth-order valence-electron chi connectivity index (χ4n) is 2.64. The van der Waals surface area contributed by atoms with Gasteiger partial charge in [0.2, 0.25) is 0 Å². The summed E-state index contributed by atoms with van der Waals surface area (Å²) in [6, 6.07) is 10.6. The van der Waals surface area contributed by atoms with E-state index < -0.39 is 29.6 Å². The molecule has 0 aliphatic heterocycles. The summed E-state index contributed by atoms with van der Waals surface area (Å²) in [6.45, 7) is 2.95. The summed E-state index contributed by atoms with van der Waals surface area (Å²) >= 11 is 0.896. The van der Waals surface area contributed by atoms with E-state index in [1.54, 1.807) is 31.2 Å². The number of thiazole rings is 1. The van der Waals surface area contributed by atoms with E-state index in [1.165, 1.54) is 11.5 Å². The highest BCUT2D eigenvalue weighted by Gasteiger charge is 2.19. The van der Waals surface area contributed by atoms with E-state index in [0.29, 0.717) is 11.8 Å². The summed E-state index contributed by atoms with van der Waals surface area (Å²) in [6.07, 6.45) is -0.916. The monoisotopic (exact) mass is 420 g/mol. The number of carbonyl (C=O) groups excluding carboxylic acids is 2. The second-order valence-electron chi connectivity index (χ2n) is 6.03. The molecule has 0 spiro atoms. The van der Waals surface area contributed by atoms with Gasteiger partial charge in [-0.3, -0.25) is 9.59 Å². The minimum absolute atomic E-state index is 0.0207. The molecular weight excluding hydrogens is 402 g/mol. The number of halogens is 2. The molecule has 0 radical (unpaired) electrons. The first-order chi connectivity index (χ1) is 13.9. The SMILES string of the molecule is CCOC(=O)Cn1c(=NC(=O)C(C)Oc2ccccc2)sc2cc(F)cc(F)c21. The quantitative estimate of drug-likeness (QED) is 0.573. The first-order valence-electron chi connectivity index (χ1n) is 8.83. The zero-order valence-electron chi connectivity index (χ0n) is 15.7. The topological polar surface area (TPSA) is 69.9 Å². The first kappa shape index (κ1) is 20.7. The van der Waals surface area contributed by atoms with E-state index in [9.17, 15) is 18.4 Å². The van der Waals surface area contributed by atoms with Gasteiger partial charge in [-0.15, -0.1) is 0 Å². The standard InChI is InChI=1S/C20H18F2N2O4S/c1-3-27-17(25)11-24-18-15(22)9-13(21)10-16(18)29-20(24)23-19(26)12(2)28-14-7-5-4-6-8-14/h4-10,12H,3,11H2,1-2H3. The van der Waals surface area contributed by atoms with Crippen LogP contribution in [0.3, 0.4) is 0 Å². The lowest BCUT2D eigenvalue weighted by Gasteiger charge is -2.11. The molecule has 1 heterocycles. The lowest BCUT2D eigenvalue weighted by atomic mass is 10.3. The molecule has 6 nitrogen and oxygen atoms in total. The molecule has 1 unspecified atom stereocenters. The second kappa shape index (κ2) is 8.95. The lowest BCUT2D eigenvalue weighted by molar-refractivity contribution is -0.143. The fraction of sp³-hybridized carbons (Fsp3) is 0.250. The van der Waals surface area contributed by atoms with Crippen molar-refractivity contribution in [1.82, 2.24) is 4.57 Å². The van der Waals surface area contributed by atoms with Crippen molar-refractivity contribution in [3.05, 3.63) is 58.9 Å². The van der Waals surface area contributed by atoms with Crippen LogP contribution >= 0.6 is 11.3 Å². The molecule has 1 aromatic heterocycles. The Morgan fingerprint density at radius 3 is 2.62 bits per heavy atom. The maximum Gasteiger partial charge on any atom is 0.326 e. The van der Waals surface area contributed by atoms with Gasteiger partial charge in [0.25, 0.3) is 5.91 Å². The number of carbonyl (C=O) groups is 2. The van der Waals surface area contributed by atoms with Crippen molar-refractivity contribution in [3.63, 3.8) is 0 Å². The Bertz CT molecular complexity index is 1110. The van der Waals surface area contributed by atoms with Gasteiger partial charge in [-0.05, 0) is 32.0 Å². The number of benzene rings is 2. The number of para-hydroxylation sites is 1. The normalized spacial score (nSPS) is 12.8. The Hall–Kier alpha value is -3.07. The van der Waals surface area contributed by atoms with Crippen LogP contribution in [0, 0.1) is 11.6 Å². The van der Waals surface area contributed by atoms with Crippen LogP contribution in [0.25, 0.3) is 10.2 Å². The highest BCUT2D eigenvalue weighted by molar-refractivity contribution is 7.16. The minimum Gasteiger partial charge on any atom is -0.481 e. The van der Waals surface area contributed by atoms with Crippen LogP contribution in [0.2, 0.25) is 0 Å². The maximum atomic E-state index is 14.4. The minimum atomic E-state index is -0.916.